The second-order valence-corrected chi connectivity index (χ2v) is 5.70. The summed E-state index contributed by atoms with van der Waals surface area (Å²) >= 11 is 5.94. The van der Waals surface area contributed by atoms with Crippen LogP contribution in [0.3, 0.4) is 0 Å². The van der Waals surface area contributed by atoms with E-state index in [9.17, 15) is 4.79 Å². The number of nitrogens with zero attached hydrogens (tertiary/aromatic N) is 3. The van der Waals surface area contributed by atoms with E-state index >= 15 is 0 Å². The molecule has 0 radical (unpaired) electrons. The van der Waals surface area contributed by atoms with E-state index in [4.69, 9.17) is 11.6 Å². The molecule has 1 atom stereocenters. The number of carbonyl (C=O) groups is 1. The molecule has 1 unspecified atom stereocenters. The van der Waals surface area contributed by atoms with Crippen LogP contribution in [0, 0.1) is 0 Å². The molecule has 1 aromatic carbocycles. The first-order chi connectivity index (χ1) is 10.2. The fraction of sp³-hybridized carbons (Fsp3) is 0.375. The average molecular weight is 304 g/mol. The summed E-state index contributed by atoms with van der Waals surface area (Å²) in [5.41, 5.74) is 1.66. The summed E-state index contributed by atoms with van der Waals surface area (Å²) in [6.07, 6.45) is 3.86. The van der Waals surface area contributed by atoms with E-state index in [1.54, 1.807) is 10.7 Å². The van der Waals surface area contributed by atoms with Gasteiger partial charge < -0.3 is 4.90 Å². The highest BCUT2D eigenvalue weighted by molar-refractivity contribution is 6.30. The van der Waals surface area contributed by atoms with Crippen LogP contribution in [0.1, 0.15) is 41.9 Å². The lowest BCUT2D eigenvalue weighted by molar-refractivity contribution is 0.0728. The van der Waals surface area contributed by atoms with E-state index in [1.807, 2.05) is 42.3 Å². The van der Waals surface area contributed by atoms with Crippen molar-refractivity contribution < 1.29 is 4.79 Å². The number of halogens is 1. The summed E-state index contributed by atoms with van der Waals surface area (Å²) in [4.78, 5) is 14.6. The van der Waals surface area contributed by atoms with Gasteiger partial charge in [-0.15, -0.1) is 0 Å². The van der Waals surface area contributed by atoms with Crippen molar-refractivity contribution in [3.63, 3.8) is 0 Å². The molecular formula is C16H18ClN3O. The highest BCUT2D eigenvalue weighted by Gasteiger charge is 2.31. The third-order valence-corrected chi connectivity index (χ3v) is 4.20. The van der Waals surface area contributed by atoms with Crippen LogP contribution in [0.5, 0.6) is 0 Å². The molecule has 2 heterocycles. The lowest BCUT2D eigenvalue weighted by Crippen LogP contribution is -2.31. The molecule has 1 aliphatic rings. The number of hydrogen-bond acceptors (Lipinski definition) is 2. The quantitative estimate of drug-likeness (QED) is 0.870. The van der Waals surface area contributed by atoms with Gasteiger partial charge in [0, 0.05) is 24.3 Å². The SMILES string of the molecule is CCn1ccc(C(=O)N2CCCC2c2ccc(Cl)cc2)n1. The smallest absolute Gasteiger partial charge is 0.274 e. The Morgan fingerprint density at radius 3 is 2.76 bits per heavy atom. The van der Waals surface area contributed by atoms with Crippen LogP contribution in [0.15, 0.2) is 36.5 Å². The Morgan fingerprint density at radius 2 is 2.10 bits per heavy atom. The average Bonchev–Trinajstić information content (AvgIpc) is 3.16. The molecule has 110 valence electrons. The van der Waals surface area contributed by atoms with Gasteiger partial charge in [0.2, 0.25) is 0 Å². The predicted molar refractivity (Wildman–Crippen MR) is 82.4 cm³/mol. The zero-order valence-corrected chi connectivity index (χ0v) is 12.8. The summed E-state index contributed by atoms with van der Waals surface area (Å²) in [6, 6.07) is 9.68. The van der Waals surface area contributed by atoms with E-state index in [-0.39, 0.29) is 11.9 Å². The highest BCUT2D eigenvalue weighted by atomic mass is 35.5. The van der Waals surface area contributed by atoms with Crippen LogP contribution >= 0.6 is 11.6 Å². The van der Waals surface area contributed by atoms with Crippen LogP contribution < -0.4 is 0 Å². The first-order valence-corrected chi connectivity index (χ1v) is 7.66. The summed E-state index contributed by atoms with van der Waals surface area (Å²) in [5, 5.41) is 5.04. The molecule has 1 aromatic heterocycles. The number of carbonyl (C=O) groups excluding carboxylic acids is 1. The molecule has 0 N–H and O–H groups in total. The minimum Gasteiger partial charge on any atom is -0.330 e. The molecule has 1 saturated heterocycles. The van der Waals surface area contributed by atoms with Crippen LogP contribution in [-0.4, -0.2) is 27.1 Å². The van der Waals surface area contributed by atoms with Gasteiger partial charge in [0.05, 0.1) is 6.04 Å². The summed E-state index contributed by atoms with van der Waals surface area (Å²) in [5.74, 6) is 0.0136. The molecule has 1 fully saturated rings. The molecule has 21 heavy (non-hydrogen) atoms. The van der Waals surface area contributed by atoms with Crippen molar-refractivity contribution in [2.45, 2.75) is 32.4 Å². The van der Waals surface area contributed by atoms with Crippen molar-refractivity contribution in [3.05, 3.63) is 52.8 Å². The van der Waals surface area contributed by atoms with Gasteiger partial charge in [-0.05, 0) is 43.5 Å². The molecule has 5 heteroatoms. The fourth-order valence-corrected chi connectivity index (χ4v) is 2.97. The van der Waals surface area contributed by atoms with Crippen LogP contribution in [0.2, 0.25) is 5.02 Å². The zero-order valence-electron chi connectivity index (χ0n) is 12.0. The topological polar surface area (TPSA) is 38.1 Å². The number of rotatable bonds is 3. The minimum atomic E-state index is 0.0136. The lowest BCUT2D eigenvalue weighted by Gasteiger charge is -2.24. The van der Waals surface area contributed by atoms with E-state index in [0.717, 1.165) is 36.5 Å². The van der Waals surface area contributed by atoms with Crippen molar-refractivity contribution in [1.29, 1.82) is 0 Å². The van der Waals surface area contributed by atoms with Crippen molar-refractivity contribution >= 4 is 17.5 Å². The maximum absolute atomic E-state index is 12.7. The van der Waals surface area contributed by atoms with Gasteiger partial charge in [-0.3, -0.25) is 9.48 Å². The Hall–Kier alpha value is -1.81. The number of amides is 1. The van der Waals surface area contributed by atoms with Gasteiger partial charge in [-0.25, -0.2) is 0 Å². The molecular weight excluding hydrogens is 286 g/mol. The molecule has 0 aliphatic carbocycles. The summed E-state index contributed by atoms with van der Waals surface area (Å²) in [7, 11) is 0. The molecule has 4 nitrogen and oxygen atoms in total. The summed E-state index contributed by atoms with van der Waals surface area (Å²) in [6.45, 7) is 3.56. The molecule has 1 aliphatic heterocycles. The molecule has 0 bridgehead atoms. The van der Waals surface area contributed by atoms with Gasteiger partial charge in [0.15, 0.2) is 0 Å². The first-order valence-electron chi connectivity index (χ1n) is 7.29. The van der Waals surface area contributed by atoms with Crippen LogP contribution in [0.4, 0.5) is 0 Å². The van der Waals surface area contributed by atoms with Crippen molar-refractivity contribution in [3.8, 4) is 0 Å². The monoisotopic (exact) mass is 303 g/mol. The van der Waals surface area contributed by atoms with Gasteiger partial charge in [0.25, 0.3) is 5.91 Å². The van der Waals surface area contributed by atoms with E-state index in [0.29, 0.717) is 5.69 Å². The van der Waals surface area contributed by atoms with Gasteiger partial charge >= 0.3 is 0 Å². The third-order valence-electron chi connectivity index (χ3n) is 3.95. The van der Waals surface area contributed by atoms with Gasteiger partial charge in [0.1, 0.15) is 5.69 Å². The third kappa shape index (κ3) is 2.81. The van der Waals surface area contributed by atoms with Crippen LogP contribution in [0.25, 0.3) is 0 Å². The van der Waals surface area contributed by atoms with E-state index in [1.165, 1.54) is 0 Å². The maximum atomic E-state index is 12.7. The van der Waals surface area contributed by atoms with E-state index in [2.05, 4.69) is 5.10 Å². The van der Waals surface area contributed by atoms with Crippen molar-refractivity contribution in [2.75, 3.05) is 6.54 Å². The van der Waals surface area contributed by atoms with E-state index < -0.39 is 0 Å². The Bertz CT molecular complexity index is 635. The Labute approximate surface area is 129 Å². The molecule has 0 spiro atoms. The standard InChI is InChI=1S/C16H18ClN3O/c1-2-19-11-9-14(18-19)16(21)20-10-3-4-15(20)12-5-7-13(17)8-6-12/h5-9,11,15H,2-4,10H2,1H3. The number of benzene rings is 1. The van der Waals surface area contributed by atoms with Crippen molar-refractivity contribution in [1.82, 2.24) is 14.7 Å². The molecule has 1 amide bonds. The maximum Gasteiger partial charge on any atom is 0.274 e. The number of likely N-dealkylation sites (tertiary alicyclic amines) is 1. The highest BCUT2D eigenvalue weighted by Crippen LogP contribution is 2.33. The second-order valence-electron chi connectivity index (χ2n) is 5.26. The Morgan fingerprint density at radius 1 is 1.33 bits per heavy atom. The number of hydrogen-bond donors (Lipinski definition) is 0. The van der Waals surface area contributed by atoms with Crippen LogP contribution in [-0.2, 0) is 6.54 Å². The molecule has 3 rings (SSSR count). The predicted octanol–water partition coefficient (Wildman–Crippen LogP) is 3.53. The zero-order chi connectivity index (χ0) is 14.8. The lowest BCUT2D eigenvalue weighted by atomic mass is 10.0. The number of aryl methyl sites for hydroxylation is 1. The largest absolute Gasteiger partial charge is 0.330 e. The van der Waals surface area contributed by atoms with Gasteiger partial charge in [-0.1, -0.05) is 23.7 Å². The molecule has 0 saturated carbocycles. The van der Waals surface area contributed by atoms with Gasteiger partial charge in [-0.2, -0.15) is 5.10 Å². The molecule has 2 aromatic rings. The summed E-state index contributed by atoms with van der Waals surface area (Å²) < 4.78 is 1.78. The Balaban J connectivity index is 1.83. The normalized spacial score (nSPS) is 18.2. The fourth-order valence-electron chi connectivity index (χ4n) is 2.84. The Kier molecular flexibility index (Phi) is 3.97. The first kappa shape index (κ1) is 14.1. The number of aromatic nitrogens is 2. The minimum absolute atomic E-state index is 0.0136. The van der Waals surface area contributed by atoms with Crippen molar-refractivity contribution in [2.24, 2.45) is 0 Å². The second kappa shape index (κ2) is 5.90.